The van der Waals surface area contributed by atoms with Gasteiger partial charge in [0.15, 0.2) is 6.10 Å². The van der Waals surface area contributed by atoms with Gasteiger partial charge in [-0.2, -0.15) is 0 Å². The van der Waals surface area contributed by atoms with Gasteiger partial charge in [0.25, 0.3) is 0 Å². The van der Waals surface area contributed by atoms with Crippen LogP contribution >= 0.6 is 0 Å². The monoisotopic (exact) mass is 779 g/mol. The molecule has 6 nitrogen and oxygen atoms in total. The van der Waals surface area contributed by atoms with Crippen LogP contribution in [0.3, 0.4) is 0 Å². The van der Waals surface area contributed by atoms with Crippen molar-refractivity contribution in [3.63, 3.8) is 0 Å². The van der Waals surface area contributed by atoms with Crippen molar-refractivity contribution in [2.75, 3.05) is 13.2 Å². The molecule has 1 unspecified atom stereocenters. The highest BCUT2D eigenvalue weighted by atomic mass is 16.6. The van der Waals surface area contributed by atoms with Gasteiger partial charge in [-0.15, -0.1) is 0 Å². The molecule has 0 rings (SSSR count). The van der Waals surface area contributed by atoms with E-state index >= 15 is 0 Å². The number of rotatable bonds is 39. The van der Waals surface area contributed by atoms with E-state index in [1.165, 1.54) is 70.6 Å². The van der Waals surface area contributed by atoms with Crippen molar-refractivity contribution in [2.45, 2.75) is 200 Å². The lowest BCUT2D eigenvalue weighted by Crippen LogP contribution is -2.30. The van der Waals surface area contributed by atoms with Crippen LogP contribution in [0.5, 0.6) is 0 Å². The van der Waals surface area contributed by atoms with Gasteiger partial charge in [0, 0.05) is 19.3 Å². The molecule has 0 aliphatic heterocycles. The quantitative estimate of drug-likeness (QED) is 0.0203. The molecule has 0 aromatic heterocycles. The number of ether oxygens (including phenoxy) is 3. The van der Waals surface area contributed by atoms with Gasteiger partial charge in [0.05, 0.1) is 0 Å². The molecule has 0 aliphatic rings. The van der Waals surface area contributed by atoms with Crippen LogP contribution in [0.15, 0.2) is 85.1 Å². The lowest BCUT2D eigenvalue weighted by molar-refractivity contribution is -0.167. The second kappa shape index (κ2) is 44.3. The zero-order valence-electron chi connectivity index (χ0n) is 36.1. The molecule has 0 aliphatic carbocycles. The third kappa shape index (κ3) is 41.7. The van der Waals surface area contributed by atoms with Crippen molar-refractivity contribution < 1.29 is 28.6 Å². The Bertz CT molecular complexity index is 1120. The van der Waals surface area contributed by atoms with E-state index < -0.39 is 6.10 Å². The molecule has 0 bridgehead atoms. The molecule has 1 atom stereocenters. The van der Waals surface area contributed by atoms with E-state index in [2.05, 4.69) is 69.4 Å². The van der Waals surface area contributed by atoms with Gasteiger partial charge < -0.3 is 14.2 Å². The SMILES string of the molecule is CC\C=C/C=C\C=C/C=C\CCCCCC(=O)OC(COC(=O)CCC/C=C\CCCCCC)COC(=O)CCCCC/C=C\C=C/CCCCCCCCC. The van der Waals surface area contributed by atoms with E-state index in [0.717, 1.165) is 70.6 Å². The Morgan fingerprint density at radius 2 is 0.732 bits per heavy atom. The van der Waals surface area contributed by atoms with Crippen LogP contribution in [-0.4, -0.2) is 37.2 Å². The summed E-state index contributed by atoms with van der Waals surface area (Å²) < 4.78 is 16.6. The largest absolute Gasteiger partial charge is 0.462 e. The molecule has 0 amide bonds. The first-order valence-corrected chi connectivity index (χ1v) is 22.7. The molecule has 0 heterocycles. The molecular weight excluding hydrogens is 697 g/mol. The van der Waals surface area contributed by atoms with E-state index in [4.69, 9.17) is 14.2 Å². The number of hydrogen-bond donors (Lipinski definition) is 0. The Morgan fingerprint density at radius 1 is 0.375 bits per heavy atom. The Labute approximate surface area is 344 Å². The Kier molecular flexibility index (Phi) is 41.6. The van der Waals surface area contributed by atoms with E-state index in [-0.39, 0.29) is 37.5 Å². The van der Waals surface area contributed by atoms with E-state index in [1.807, 2.05) is 36.5 Å². The fraction of sp³-hybridized carbons (Fsp3) is 0.660. The number of hydrogen-bond acceptors (Lipinski definition) is 6. The minimum absolute atomic E-state index is 0.116. The Balaban J connectivity index is 4.50. The Hall–Kier alpha value is -3.41. The summed E-state index contributed by atoms with van der Waals surface area (Å²) in [5, 5.41) is 0. The van der Waals surface area contributed by atoms with Gasteiger partial charge in [-0.3, -0.25) is 14.4 Å². The highest BCUT2D eigenvalue weighted by Gasteiger charge is 2.19. The van der Waals surface area contributed by atoms with Gasteiger partial charge in [0.1, 0.15) is 13.2 Å². The maximum atomic E-state index is 12.7. The maximum absolute atomic E-state index is 12.7. The third-order valence-corrected chi connectivity index (χ3v) is 9.23. The molecule has 56 heavy (non-hydrogen) atoms. The van der Waals surface area contributed by atoms with Crippen LogP contribution in [-0.2, 0) is 28.6 Å². The van der Waals surface area contributed by atoms with Crippen molar-refractivity contribution in [2.24, 2.45) is 0 Å². The average molecular weight is 779 g/mol. The first-order valence-electron chi connectivity index (χ1n) is 22.7. The lowest BCUT2D eigenvalue weighted by atomic mass is 10.1. The number of unbranched alkanes of at least 4 members (excludes halogenated alkanes) is 18. The standard InChI is InChI=1S/C50H82O6/c1-4-7-10-13-16-19-21-23-24-25-27-28-31-34-37-40-43-49(52)55-46-47(45-54-48(51)42-39-36-33-30-18-15-12-9-6-3)56-50(53)44-41-38-35-32-29-26-22-20-17-14-11-8-5-2/h8,11,14,17,20,22,24-30,33,47H,4-7,9-10,12-13,15-16,18-19,21,23,31-32,34-46H2,1-3H3/b11-8-,17-14-,22-20-,25-24-,28-27-,29-26-,33-30-. The highest BCUT2D eigenvalue weighted by molar-refractivity contribution is 5.71. The topological polar surface area (TPSA) is 78.9 Å². The molecule has 0 spiro atoms. The number of carbonyl (C=O) groups is 3. The van der Waals surface area contributed by atoms with E-state index in [0.29, 0.717) is 25.7 Å². The van der Waals surface area contributed by atoms with E-state index in [1.54, 1.807) is 0 Å². The molecule has 318 valence electrons. The van der Waals surface area contributed by atoms with Crippen LogP contribution in [0.4, 0.5) is 0 Å². The van der Waals surface area contributed by atoms with Crippen LogP contribution in [0.1, 0.15) is 194 Å². The summed E-state index contributed by atoms with van der Waals surface area (Å²) in [6.45, 7) is 6.34. The number of esters is 3. The second-order valence-electron chi connectivity index (χ2n) is 14.7. The first-order chi connectivity index (χ1) is 27.5. The van der Waals surface area contributed by atoms with Crippen molar-refractivity contribution >= 4 is 17.9 Å². The third-order valence-electron chi connectivity index (χ3n) is 9.23. The molecule has 0 saturated heterocycles. The first kappa shape index (κ1) is 52.6. The van der Waals surface area contributed by atoms with Gasteiger partial charge >= 0.3 is 17.9 Å². The second-order valence-corrected chi connectivity index (χ2v) is 14.7. The van der Waals surface area contributed by atoms with Crippen molar-refractivity contribution in [1.29, 1.82) is 0 Å². The summed E-state index contributed by atoms with van der Waals surface area (Å²) in [5.74, 6) is -1.03. The molecular formula is C50H82O6. The fourth-order valence-electron chi connectivity index (χ4n) is 5.80. The van der Waals surface area contributed by atoms with Gasteiger partial charge in [-0.05, 0) is 83.5 Å². The van der Waals surface area contributed by atoms with E-state index in [9.17, 15) is 14.4 Å². The van der Waals surface area contributed by atoms with Crippen molar-refractivity contribution in [3.05, 3.63) is 85.1 Å². The molecule has 0 radical (unpaired) electrons. The molecule has 0 N–H and O–H groups in total. The number of carbonyl (C=O) groups excluding carboxylic acids is 3. The number of allylic oxidation sites excluding steroid dienone is 14. The zero-order chi connectivity index (χ0) is 40.8. The van der Waals surface area contributed by atoms with Crippen LogP contribution in [0, 0.1) is 0 Å². The van der Waals surface area contributed by atoms with Gasteiger partial charge in [-0.1, -0.05) is 176 Å². The minimum Gasteiger partial charge on any atom is -0.462 e. The van der Waals surface area contributed by atoms with Crippen LogP contribution < -0.4 is 0 Å². The van der Waals surface area contributed by atoms with Crippen molar-refractivity contribution in [1.82, 2.24) is 0 Å². The Morgan fingerprint density at radius 3 is 1.25 bits per heavy atom. The summed E-state index contributed by atoms with van der Waals surface area (Å²) >= 11 is 0. The molecule has 6 heteroatoms. The smallest absolute Gasteiger partial charge is 0.306 e. The zero-order valence-corrected chi connectivity index (χ0v) is 36.1. The maximum Gasteiger partial charge on any atom is 0.306 e. The normalized spacial score (nSPS) is 12.8. The fourth-order valence-corrected chi connectivity index (χ4v) is 5.80. The summed E-state index contributed by atoms with van der Waals surface area (Å²) in [4.78, 5) is 37.6. The minimum atomic E-state index is -0.816. The predicted molar refractivity (Wildman–Crippen MR) is 237 cm³/mol. The molecule has 0 aromatic rings. The van der Waals surface area contributed by atoms with Gasteiger partial charge in [0.2, 0.25) is 0 Å². The van der Waals surface area contributed by atoms with Gasteiger partial charge in [-0.25, -0.2) is 0 Å². The molecule has 0 saturated carbocycles. The van der Waals surface area contributed by atoms with Crippen LogP contribution in [0.2, 0.25) is 0 Å². The summed E-state index contributed by atoms with van der Waals surface area (Å²) in [7, 11) is 0. The average Bonchev–Trinajstić information content (AvgIpc) is 3.19. The van der Waals surface area contributed by atoms with Crippen molar-refractivity contribution in [3.8, 4) is 0 Å². The highest BCUT2D eigenvalue weighted by Crippen LogP contribution is 2.11. The molecule has 0 fully saturated rings. The summed E-state index contributed by atoms with van der Waals surface area (Å²) in [6.07, 6.45) is 55.8. The summed E-state index contributed by atoms with van der Waals surface area (Å²) in [5.41, 5.74) is 0. The predicted octanol–water partition coefficient (Wildman–Crippen LogP) is 14.5. The summed E-state index contributed by atoms with van der Waals surface area (Å²) in [6, 6.07) is 0. The van der Waals surface area contributed by atoms with Crippen LogP contribution in [0.25, 0.3) is 0 Å². The molecule has 0 aromatic carbocycles. The lowest BCUT2D eigenvalue weighted by Gasteiger charge is -2.18.